The molecule has 0 spiro atoms. The van der Waals surface area contributed by atoms with Gasteiger partial charge < -0.3 is 0 Å². The lowest BCUT2D eigenvalue weighted by Crippen LogP contribution is -2.37. The number of benzene rings is 2. The van der Waals surface area contributed by atoms with Crippen molar-refractivity contribution in [3.05, 3.63) is 70.2 Å². The molecule has 2 nitrogen and oxygen atoms in total. The summed E-state index contributed by atoms with van der Waals surface area (Å²) in [6, 6.07) is 20.2. The molecule has 2 rings (SSSR count). The standard InChI is InChI=1S/C16H15BrN2/c1-16(12-18,14-5-3-2-4-6-14)19-11-13-7-9-15(17)10-8-13/h2-10,19H,11H2,1H3/t16-/m0/s1. The largest absolute Gasteiger partial charge is 0.292 e. The van der Waals surface area contributed by atoms with E-state index < -0.39 is 5.54 Å². The molecule has 96 valence electrons. The van der Waals surface area contributed by atoms with Crippen LogP contribution >= 0.6 is 15.9 Å². The highest BCUT2D eigenvalue weighted by Gasteiger charge is 2.25. The van der Waals surface area contributed by atoms with Crippen molar-refractivity contribution in [2.24, 2.45) is 0 Å². The molecule has 0 aliphatic rings. The minimum Gasteiger partial charge on any atom is -0.292 e. The molecule has 0 saturated carbocycles. The van der Waals surface area contributed by atoms with Crippen LogP contribution in [0.5, 0.6) is 0 Å². The van der Waals surface area contributed by atoms with Crippen LogP contribution in [-0.2, 0) is 12.1 Å². The molecule has 1 N–H and O–H groups in total. The summed E-state index contributed by atoms with van der Waals surface area (Å²) in [6.07, 6.45) is 0. The molecular formula is C16H15BrN2. The first-order valence-electron chi connectivity index (χ1n) is 6.10. The molecule has 0 bridgehead atoms. The third-order valence-electron chi connectivity index (χ3n) is 3.13. The molecule has 0 aliphatic carbocycles. The summed E-state index contributed by atoms with van der Waals surface area (Å²) in [5, 5.41) is 12.8. The van der Waals surface area contributed by atoms with E-state index in [1.54, 1.807) is 0 Å². The maximum absolute atomic E-state index is 9.44. The van der Waals surface area contributed by atoms with Gasteiger partial charge in [-0.1, -0.05) is 58.4 Å². The molecule has 0 aromatic heterocycles. The van der Waals surface area contributed by atoms with Crippen LogP contribution in [0, 0.1) is 11.3 Å². The molecule has 0 saturated heterocycles. The molecule has 2 aromatic rings. The molecule has 0 aliphatic heterocycles. The lowest BCUT2D eigenvalue weighted by Gasteiger charge is -2.24. The van der Waals surface area contributed by atoms with Crippen molar-refractivity contribution >= 4 is 15.9 Å². The minimum atomic E-state index is -0.672. The minimum absolute atomic E-state index is 0.659. The zero-order valence-corrected chi connectivity index (χ0v) is 12.3. The van der Waals surface area contributed by atoms with E-state index in [0.29, 0.717) is 6.54 Å². The molecule has 1 atom stereocenters. The molecule has 2 aromatic carbocycles. The Bertz CT molecular complexity index is 572. The molecule has 19 heavy (non-hydrogen) atoms. The fourth-order valence-electron chi connectivity index (χ4n) is 1.86. The Morgan fingerprint density at radius 1 is 1.11 bits per heavy atom. The monoisotopic (exact) mass is 314 g/mol. The van der Waals surface area contributed by atoms with Gasteiger partial charge in [0.15, 0.2) is 0 Å². The number of nitrogens with zero attached hydrogens (tertiary/aromatic N) is 1. The van der Waals surface area contributed by atoms with Gasteiger partial charge in [-0.2, -0.15) is 5.26 Å². The highest BCUT2D eigenvalue weighted by atomic mass is 79.9. The summed E-state index contributed by atoms with van der Waals surface area (Å²) in [6.45, 7) is 2.56. The second-order valence-electron chi connectivity index (χ2n) is 4.58. The van der Waals surface area contributed by atoms with E-state index in [-0.39, 0.29) is 0 Å². The number of nitrogens with one attached hydrogen (secondary N) is 1. The summed E-state index contributed by atoms with van der Waals surface area (Å²) in [5.41, 5.74) is 1.46. The molecule has 0 radical (unpaired) electrons. The lowest BCUT2D eigenvalue weighted by molar-refractivity contribution is 0.464. The highest BCUT2D eigenvalue weighted by molar-refractivity contribution is 9.10. The average Bonchev–Trinajstić information content (AvgIpc) is 2.47. The lowest BCUT2D eigenvalue weighted by atomic mass is 9.93. The third-order valence-corrected chi connectivity index (χ3v) is 3.66. The van der Waals surface area contributed by atoms with Gasteiger partial charge in [0.05, 0.1) is 6.07 Å². The van der Waals surface area contributed by atoms with Crippen molar-refractivity contribution in [3.63, 3.8) is 0 Å². The maximum atomic E-state index is 9.44. The quantitative estimate of drug-likeness (QED) is 0.926. The Labute approximate surface area is 122 Å². The zero-order chi connectivity index (χ0) is 13.7. The van der Waals surface area contributed by atoms with E-state index in [2.05, 4.69) is 27.3 Å². The van der Waals surface area contributed by atoms with Gasteiger partial charge in [0.2, 0.25) is 0 Å². The Hall–Kier alpha value is -1.63. The highest BCUT2D eigenvalue weighted by Crippen LogP contribution is 2.20. The van der Waals surface area contributed by atoms with E-state index >= 15 is 0 Å². The van der Waals surface area contributed by atoms with Gasteiger partial charge in [-0.15, -0.1) is 0 Å². The van der Waals surface area contributed by atoms with Crippen molar-refractivity contribution in [2.45, 2.75) is 19.0 Å². The third kappa shape index (κ3) is 3.44. The fourth-order valence-corrected chi connectivity index (χ4v) is 2.12. The first-order chi connectivity index (χ1) is 9.14. The van der Waals surface area contributed by atoms with Gasteiger partial charge in [-0.25, -0.2) is 0 Å². The first-order valence-corrected chi connectivity index (χ1v) is 6.89. The van der Waals surface area contributed by atoms with Gasteiger partial charge in [-0.05, 0) is 30.2 Å². The smallest absolute Gasteiger partial charge is 0.129 e. The molecule has 0 fully saturated rings. The molecule has 0 heterocycles. The summed E-state index contributed by atoms with van der Waals surface area (Å²) in [7, 11) is 0. The second-order valence-corrected chi connectivity index (χ2v) is 5.50. The van der Waals surface area contributed by atoms with Gasteiger partial charge >= 0.3 is 0 Å². The van der Waals surface area contributed by atoms with E-state index in [9.17, 15) is 5.26 Å². The number of halogens is 1. The Kier molecular flexibility index (Phi) is 4.36. The molecular weight excluding hydrogens is 300 g/mol. The van der Waals surface area contributed by atoms with Gasteiger partial charge in [0, 0.05) is 11.0 Å². The predicted molar refractivity (Wildman–Crippen MR) is 80.4 cm³/mol. The Morgan fingerprint density at radius 3 is 2.32 bits per heavy atom. The molecule has 0 amide bonds. The number of hydrogen-bond donors (Lipinski definition) is 1. The van der Waals surface area contributed by atoms with Crippen LogP contribution in [-0.4, -0.2) is 0 Å². The van der Waals surface area contributed by atoms with E-state index in [0.717, 1.165) is 15.6 Å². The maximum Gasteiger partial charge on any atom is 0.129 e. The average molecular weight is 315 g/mol. The van der Waals surface area contributed by atoms with Crippen LogP contribution in [0.15, 0.2) is 59.1 Å². The zero-order valence-electron chi connectivity index (χ0n) is 10.7. The Morgan fingerprint density at radius 2 is 1.74 bits per heavy atom. The topological polar surface area (TPSA) is 35.8 Å². The SMILES string of the molecule is C[C@@](C#N)(NCc1ccc(Br)cc1)c1ccccc1. The molecule has 0 unspecified atom stereocenters. The number of hydrogen-bond acceptors (Lipinski definition) is 2. The summed E-state index contributed by atoms with van der Waals surface area (Å²) in [4.78, 5) is 0. The van der Waals surface area contributed by atoms with Crippen LogP contribution < -0.4 is 5.32 Å². The van der Waals surface area contributed by atoms with Crippen molar-refractivity contribution in [2.75, 3.05) is 0 Å². The van der Waals surface area contributed by atoms with Gasteiger partial charge in [0.25, 0.3) is 0 Å². The van der Waals surface area contributed by atoms with Gasteiger partial charge in [-0.3, -0.25) is 5.32 Å². The predicted octanol–water partition coefficient (Wildman–Crippen LogP) is 3.98. The van der Waals surface area contributed by atoms with Crippen LogP contribution in [0.3, 0.4) is 0 Å². The number of nitriles is 1. The number of rotatable bonds is 4. The van der Waals surface area contributed by atoms with E-state index in [4.69, 9.17) is 0 Å². The normalized spacial score (nSPS) is 13.5. The summed E-state index contributed by atoms with van der Waals surface area (Å²) in [5.74, 6) is 0. The van der Waals surface area contributed by atoms with Crippen molar-refractivity contribution in [3.8, 4) is 6.07 Å². The van der Waals surface area contributed by atoms with Crippen molar-refractivity contribution in [1.29, 1.82) is 5.26 Å². The molecule has 3 heteroatoms. The van der Waals surface area contributed by atoms with E-state index in [1.165, 1.54) is 0 Å². The Balaban J connectivity index is 2.12. The van der Waals surface area contributed by atoms with E-state index in [1.807, 2.05) is 61.5 Å². The summed E-state index contributed by atoms with van der Waals surface area (Å²) < 4.78 is 1.06. The fraction of sp³-hybridized carbons (Fsp3) is 0.188. The van der Waals surface area contributed by atoms with Gasteiger partial charge in [0.1, 0.15) is 5.54 Å². The van der Waals surface area contributed by atoms with Crippen LogP contribution in [0.4, 0.5) is 0 Å². The van der Waals surface area contributed by atoms with Crippen molar-refractivity contribution in [1.82, 2.24) is 5.32 Å². The van der Waals surface area contributed by atoms with Crippen LogP contribution in [0.1, 0.15) is 18.1 Å². The first kappa shape index (κ1) is 13.8. The van der Waals surface area contributed by atoms with Crippen LogP contribution in [0.2, 0.25) is 0 Å². The second kappa shape index (κ2) is 6.01. The van der Waals surface area contributed by atoms with Crippen molar-refractivity contribution < 1.29 is 0 Å². The summed E-state index contributed by atoms with van der Waals surface area (Å²) >= 11 is 3.41. The van der Waals surface area contributed by atoms with Crippen LogP contribution in [0.25, 0.3) is 0 Å².